The molecule has 1 atom stereocenters. The number of piperidine rings is 1. The first-order valence-corrected chi connectivity index (χ1v) is 8.85. The Balaban J connectivity index is 1.98. The van der Waals surface area contributed by atoms with E-state index in [2.05, 4.69) is 15.3 Å². The zero-order valence-electron chi connectivity index (χ0n) is 12.4. The molecule has 1 aromatic heterocycles. The summed E-state index contributed by atoms with van der Waals surface area (Å²) in [7, 11) is -1.49. The molecule has 8 heteroatoms. The molecule has 1 saturated heterocycles. The van der Waals surface area contributed by atoms with Gasteiger partial charge in [0.2, 0.25) is 10.0 Å². The van der Waals surface area contributed by atoms with E-state index >= 15 is 0 Å². The van der Waals surface area contributed by atoms with Crippen molar-refractivity contribution < 1.29 is 13.2 Å². The van der Waals surface area contributed by atoms with Crippen LogP contribution in [0.2, 0.25) is 0 Å². The number of ether oxygens (including phenoxy) is 1. The fourth-order valence-electron chi connectivity index (χ4n) is 2.41. The van der Waals surface area contributed by atoms with E-state index in [0.717, 1.165) is 18.5 Å². The Morgan fingerprint density at radius 2 is 2.24 bits per heavy atom. The average Bonchev–Trinajstić information content (AvgIpc) is 2.47. The third kappa shape index (κ3) is 4.62. The summed E-state index contributed by atoms with van der Waals surface area (Å²) in [5, 5.41) is 3.10. The summed E-state index contributed by atoms with van der Waals surface area (Å²) < 4.78 is 29.7. The molecule has 1 fully saturated rings. The third-order valence-electron chi connectivity index (χ3n) is 3.56. The molecule has 21 heavy (non-hydrogen) atoms. The Morgan fingerprint density at radius 1 is 1.43 bits per heavy atom. The molecule has 0 bridgehead atoms. The van der Waals surface area contributed by atoms with E-state index in [1.54, 1.807) is 19.5 Å². The van der Waals surface area contributed by atoms with E-state index in [1.807, 2.05) is 0 Å². The zero-order chi connectivity index (χ0) is 15.3. The highest BCUT2D eigenvalue weighted by molar-refractivity contribution is 7.88. The first kappa shape index (κ1) is 16.1. The van der Waals surface area contributed by atoms with Gasteiger partial charge in [-0.2, -0.15) is 0 Å². The molecule has 0 aliphatic carbocycles. The predicted octanol–water partition coefficient (Wildman–Crippen LogP) is 0.674. The molecular weight excluding hydrogens is 292 g/mol. The van der Waals surface area contributed by atoms with E-state index in [4.69, 9.17) is 4.74 Å². The number of methoxy groups -OCH3 is 1. The average molecular weight is 314 g/mol. The molecule has 118 valence electrons. The monoisotopic (exact) mass is 314 g/mol. The van der Waals surface area contributed by atoms with Gasteiger partial charge in [0.25, 0.3) is 0 Å². The largest absolute Gasteiger partial charge is 0.383 e. The molecule has 1 aliphatic rings. The van der Waals surface area contributed by atoms with Crippen LogP contribution in [0.3, 0.4) is 0 Å². The smallest absolute Gasteiger partial charge is 0.211 e. The van der Waals surface area contributed by atoms with Crippen molar-refractivity contribution >= 4 is 15.8 Å². The highest BCUT2D eigenvalue weighted by atomic mass is 32.2. The van der Waals surface area contributed by atoms with Crippen molar-refractivity contribution in [3.05, 3.63) is 18.1 Å². The molecule has 1 N–H and O–H groups in total. The summed E-state index contributed by atoms with van der Waals surface area (Å²) in [5.41, 5.74) is 0.848. The van der Waals surface area contributed by atoms with Crippen molar-refractivity contribution in [2.75, 3.05) is 44.9 Å². The van der Waals surface area contributed by atoms with Gasteiger partial charge in [0, 0.05) is 32.7 Å². The van der Waals surface area contributed by atoms with Gasteiger partial charge in [-0.3, -0.25) is 4.98 Å². The van der Waals surface area contributed by atoms with Gasteiger partial charge >= 0.3 is 0 Å². The number of sulfonamides is 1. The van der Waals surface area contributed by atoms with E-state index in [-0.39, 0.29) is 5.92 Å². The molecule has 2 heterocycles. The van der Waals surface area contributed by atoms with Crippen LogP contribution >= 0.6 is 0 Å². The standard InChI is InChI=1S/C13H22N4O3S/c1-20-7-5-14-13-9-15-12(8-16-13)11-4-3-6-17(10-11)21(2,18)19/h8-9,11H,3-7,10H2,1-2H3,(H,14,16)/t11-/m1/s1. The minimum absolute atomic E-state index is 0.119. The van der Waals surface area contributed by atoms with Crippen LogP contribution < -0.4 is 5.32 Å². The van der Waals surface area contributed by atoms with Gasteiger partial charge in [0.15, 0.2) is 0 Å². The Hall–Kier alpha value is -1.25. The molecular formula is C13H22N4O3S. The van der Waals surface area contributed by atoms with Crippen LogP contribution in [0.1, 0.15) is 24.5 Å². The number of hydrogen-bond donors (Lipinski definition) is 1. The number of hydrogen-bond acceptors (Lipinski definition) is 6. The van der Waals surface area contributed by atoms with Gasteiger partial charge in [-0.1, -0.05) is 0 Å². The molecule has 1 aliphatic heterocycles. The molecule has 0 saturated carbocycles. The lowest BCUT2D eigenvalue weighted by molar-refractivity contribution is 0.210. The molecule has 0 aromatic carbocycles. The van der Waals surface area contributed by atoms with Crippen molar-refractivity contribution in [1.82, 2.24) is 14.3 Å². The topological polar surface area (TPSA) is 84.4 Å². The van der Waals surface area contributed by atoms with Crippen LogP contribution in [-0.2, 0) is 14.8 Å². The predicted molar refractivity (Wildman–Crippen MR) is 80.8 cm³/mol. The first-order valence-electron chi connectivity index (χ1n) is 7.00. The second-order valence-corrected chi connectivity index (χ2v) is 7.19. The van der Waals surface area contributed by atoms with Crippen LogP contribution in [0.25, 0.3) is 0 Å². The van der Waals surface area contributed by atoms with Crippen LogP contribution in [0.5, 0.6) is 0 Å². The van der Waals surface area contributed by atoms with E-state index < -0.39 is 10.0 Å². The van der Waals surface area contributed by atoms with Crippen LogP contribution in [0, 0.1) is 0 Å². The van der Waals surface area contributed by atoms with Crippen molar-refractivity contribution in [1.29, 1.82) is 0 Å². The second kappa shape index (κ2) is 7.15. The van der Waals surface area contributed by atoms with E-state index in [1.165, 1.54) is 10.6 Å². The quantitative estimate of drug-likeness (QED) is 0.777. The van der Waals surface area contributed by atoms with Gasteiger partial charge in [-0.25, -0.2) is 17.7 Å². The number of nitrogens with zero attached hydrogens (tertiary/aromatic N) is 3. The Morgan fingerprint density at radius 3 is 2.86 bits per heavy atom. The summed E-state index contributed by atoms with van der Waals surface area (Å²) in [5.74, 6) is 0.820. The number of nitrogens with one attached hydrogen (secondary N) is 1. The molecule has 7 nitrogen and oxygen atoms in total. The van der Waals surface area contributed by atoms with E-state index in [9.17, 15) is 8.42 Å². The van der Waals surface area contributed by atoms with Gasteiger partial charge in [-0.15, -0.1) is 0 Å². The molecule has 0 unspecified atom stereocenters. The Labute approximate surface area is 125 Å². The highest BCUT2D eigenvalue weighted by Gasteiger charge is 2.27. The van der Waals surface area contributed by atoms with Gasteiger partial charge in [0.1, 0.15) is 5.82 Å². The van der Waals surface area contributed by atoms with Crippen molar-refractivity contribution in [3.8, 4) is 0 Å². The molecule has 0 radical (unpaired) electrons. The van der Waals surface area contributed by atoms with Crippen LogP contribution in [0.4, 0.5) is 5.82 Å². The number of anilines is 1. The fraction of sp³-hybridized carbons (Fsp3) is 0.692. The number of aromatic nitrogens is 2. The lowest BCUT2D eigenvalue weighted by Crippen LogP contribution is -2.38. The highest BCUT2D eigenvalue weighted by Crippen LogP contribution is 2.26. The van der Waals surface area contributed by atoms with Crippen LogP contribution in [0.15, 0.2) is 12.4 Å². The van der Waals surface area contributed by atoms with Gasteiger partial charge in [0.05, 0.1) is 31.0 Å². The maximum Gasteiger partial charge on any atom is 0.211 e. The summed E-state index contributed by atoms with van der Waals surface area (Å²) >= 11 is 0. The van der Waals surface area contributed by atoms with Crippen LogP contribution in [-0.4, -0.2) is 62.3 Å². The summed E-state index contributed by atoms with van der Waals surface area (Å²) in [6, 6.07) is 0. The van der Waals surface area contributed by atoms with Crippen molar-refractivity contribution in [2.24, 2.45) is 0 Å². The number of rotatable bonds is 6. The molecule has 2 rings (SSSR count). The Kier molecular flexibility index (Phi) is 5.49. The summed E-state index contributed by atoms with van der Waals surface area (Å²) in [6.07, 6.45) is 6.46. The van der Waals surface area contributed by atoms with E-state index in [0.29, 0.717) is 32.1 Å². The van der Waals surface area contributed by atoms with Gasteiger partial charge < -0.3 is 10.1 Å². The Bertz CT molecular complexity index is 547. The van der Waals surface area contributed by atoms with Gasteiger partial charge in [-0.05, 0) is 12.8 Å². The summed E-state index contributed by atoms with van der Waals surface area (Å²) in [6.45, 7) is 2.37. The summed E-state index contributed by atoms with van der Waals surface area (Å²) in [4.78, 5) is 8.73. The maximum absolute atomic E-state index is 11.6. The minimum atomic E-state index is -3.13. The third-order valence-corrected chi connectivity index (χ3v) is 4.83. The normalized spacial score (nSPS) is 20.4. The SMILES string of the molecule is COCCNc1cnc([C@@H]2CCCN(S(C)(=O)=O)C2)cn1. The minimum Gasteiger partial charge on any atom is -0.383 e. The first-order chi connectivity index (χ1) is 10.0. The second-order valence-electron chi connectivity index (χ2n) is 5.21. The zero-order valence-corrected chi connectivity index (χ0v) is 13.3. The molecule has 1 aromatic rings. The van der Waals surface area contributed by atoms with Crippen molar-refractivity contribution in [2.45, 2.75) is 18.8 Å². The molecule has 0 amide bonds. The lowest BCUT2D eigenvalue weighted by atomic mass is 9.96. The fourth-order valence-corrected chi connectivity index (χ4v) is 3.32. The lowest BCUT2D eigenvalue weighted by Gasteiger charge is -2.30. The van der Waals surface area contributed by atoms with Crippen molar-refractivity contribution in [3.63, 3.8) is 0 Å². The molecule has 0 spiro atoms. The maximum atomic E-state index is 11.6.